The van der Waals surface area contributed by atoms with Gasteiger partial charge in [-0.15, -0.1) is 0 Å². The van der Waals surface area contributed by atoms with Gasteiger partial charge in [-0.2, -0.15) is 4.31 Å². The SMILES string of the molecule is O=C(O)C1CN(S(=O)(=O)c2ccc3cc(Cl)ccc3c2)CCN1CC1CCN(c2ccncc2)CC1. The number of hydrogen-bond acceptors (Lipinski definition) is 6. The predicted molar refractivity (Wildman–Crippen MR) is 140 cm³/mol. The number of piperidine rings is 1. The van der Waals surface area contributed by atoms with Gasteiger partial charge in [0.05, 0.1) is 4.90 Å². The lowest BCUT2D eigenvalue weighted by atomic mass is 9.95. The van der Waals surface area contributed by atoms with Crippen molar-refractivity contribution in [1.29, 1.82) is 0 Å². The Morgan fingerprint density at radius 3 is 2.39 bits per heavy atom. The van der Waals surface area contributed by atoms with E-state index in [2.05, 4.69) is 9.88 Å². The maximum atomic E-state index is 13.4. The number of carboxylic acid groups (broad SMARTS) is 1. The van der Waals surface area contributed by atoms with Crippen molar-refractivity contribution < 1.29 is 18.3 Å². The highest BCUT2D eigenvalue weighted by Gasteiger charge is 2.39. The van der Waals surface area contributed by atoms with Crippen LogP contribution >= 0.6 is 11.6 Å². The molecule has 2 aliphatic rings. The number of carboxylic acids is 1. The molecule has 1 N–H and O–H groups in total. The molecule has 2 saturated heterocycles. The summed E-state index contributed by atoms with van der Waals surface area (Å²) in [5.41, 5.74) is 1.16. The highest BCUT2D eigenvalue weighted by molar-refractivity contribution is 7.89. The lowest BCUT2D eigenvalue weighted by Crippen LogP contribution is -2.58. The number of halogens is 1. The first-order valence-corrected chi connectivity index (χ1v) is 13.9. The molecule has 1 unspecified atom stereocenters. The fourth-order valence-electron chi connectivity index (χ4n) is 5.23. The van der Waals surface area contributed by atoms with Crippen LogP contribution in [0.4, 0.5) is 5.69 Å². The van der Waals surface area contributed by atoms with Crippen LogP contribution in [0.25, 0.3) is 10.8 Å². The second kappa shape index (κ2) is 10.3. The Hall–Kier alpha value is -2.72. The molecule has 1 atom stereocenters. The summed E-state index contributed by atoms with van der Waals surface area (Å²) >= 11 is 6.04. The molecule has 0 saturated carbocycles. The number of aliphatic carboxylic acids is 1. The molecule has 0 radical (unpaired) electrons. The van der Waals surface area contributed by atoms with Crippen molar-refractivity contribution in [2.75, 3.05) is 44.2 Å². The van der Waals surface area contributed by atoms with E-state index in [1.54, 1.807) is 48.8 Å². The molecule has 8 nitrogen and oxygen atoms in total. The molecule has 0 spiro atoms. The normalized spacial score (nSPS) is 20.6. The van der Waals surface area contributed by atoms with E-state index in [0.717, 1.165) is 42.4 Å². The number of rotatable bonds is 6. The molecule has 0 aliphatic carbocycles. The van der Waals surface area contributed by atoms with Crippen LogP contribution in [0.2, 0.25) is 5.02 Å². The highest BCUT2D eigenvalue weighted by atomic mass is 35.5. The van der Waals surface area contributed by atoms with E-state index in [4.69, 9.17) is 11.6 Å². The number of piperazine rings is 1. The summed E-state index contributed by atoms with van der Waals surface area (Å²) in [5.74, 6) is -0.613. The average molecular weight is 529 g/mol. The lowest BCUT2D eigenvalue weighted by molar-refractivity contribution is -0.145. The van der Waals surface area contributed by atoms with Gasteiger partial charge < -0.3 is 10.0 Å². The summed E-state index contributed by atoms with van der Waals surface area (Å²) in [4.78, 5) is 20.7. The van der Waals surface area contributed by atoms with Gasteiger partial charge in [0.1, 0.15) is 6.04 Å². The maximum absolute atomic E-state index is 13.4. The first-order valence-electron chi connectivity index (χ1n) is 12.1. The average Bonchev–Trinajstić information content (AvgIpc) is 2.89. The summed E-state index contributed by atoms with van der Waals surface area (Å²) in [6, 6.07) is 13.4. The summed E-state index contributed by atoms with van der Waals surface area (Å²) < 4.78 is 28.1. The van der Waals surface area contributed by atoms with Crippen LogP contribution < -0.4 is 4.90 Å². The molecule has 5 rings (SSSR count). The van der Waals surface area contributed by atoms with Crippen molar-refractivity contribution >= 4 is 44.1 Å². The third-order valence-corrected chi connectivity index (χ3v) is 9.38. The first-order chi connectivity index (χ1) is 17.3. The van der Waals surface area contributed by atoms with E-state index in [1.807, 2.05) is 17.0 Å². The summed E-state index contributed by atoms with van der Waals surface area (Å²) in [6.45, 7) is 3.07. The second-order valence-electron chi connectivity index (χ2n) is 9.50. The summed E-state index contributed by atoms with van der Waals surface area (Å²) in [7, 11) is -3.83. The van der Waals surface area contributed by atoms with E-state index in [-0.39, 0.29) is 18.0 Å². The lowest BCUT2D eigenvalue weighted by Gasteiger charge is -2.42. The minimum absolute atomic E-state index is 0.0633. The number of nitrogens with zero attached hydrogens (tertiary/aromatic N) is 4. The summed E-state index contributed by atoms with van der Waals surface area (Å²) in [5, 5.41) is 12.2. The maximum Gasteiger partial charge on any atom is 0.322 e. The topological polar surface area (TPSA) is 94.0 Å². The molecule has 3 aromatic rings. The van der Waals surface area contributed by atoms with Crippen molar-refractivity contribution in [3.05, 3.63) is 65.9 Å². The zero-order valence-corrected chi connectivity index (χ0v) is 21.4. The molecular weight excluding hydrogens is 500 g/mol. The van der Waals surface area contributed by atoms with Crippen molar-refractivity contribution in [2.24, 2.45) is 5.92 Å². The van der Waals surface area contributed by atoms with Gasteiger partial charge in [0.25, 0.3) is 0 Å². The van der Waals surface area contributed by atoms with E-state index in [9.17, 15) is 18.3 Å². The van der Waals surface area contributed by atoms with Gasteiger partial charge in [-0.1, -0.05) is 23.7 Å². The molecule has 36 heavy (non-hydrogen) atoms. The minimum atomic E-state index is -3.83. The van der Waals surface area contributed by atoms with E-state index in [1.165, 1.54) is 4.31 Å². The predicted octanol–water partition coefficient (Wildman–Crippen LogP) is 3.56. The zero-order chi connectivity index (χ0) is 25.3. The van der Waals surface area contributed by atoms with E-state index in [0.29, 0.717) is 24.0 Å². The van der Waals surface area contributed by atoms with Crippen LogP contribution in [0, 0.1) is 5.92 Å². The van der Waals surface area contributed by atoms with Gasteiger partial charge in [-0.3, -0.25) is 14.7 Å². The van der Waals surface area contributed by atoms with Gasteiger partial charge in [0.15, 0.2) is 0 Å². The van der Waals surface area contributed by atoms with Gasteiger partial charge in [-0.25, -0.2) is 8.42 Å². The number of hydrogen-bond donors (Lipinski definition) is 1. The van der Waals surface area contributed by atoms with Crippen molar-refractivity contribution in [1.82, 2.24) is 14.2 Å². The third-order valence-electron chi connectivity index (χ3n) is 7.29. The second-order valence-corrected chi connectivity index (χ2v) is 11.9. The van der Waals surface area contributed by atoms with Crippen LogP contribution in [0.1, 0.15) is 12.8 Å². The number of aromatic nitrogens is 1. The van der Waals surface area contributed by atoms with Crippen LogP contribution in [0.3, 0.4) is 0 Å². The number of sulfonamides is 1. The Balaban J connectivity index is 1.25. The number of fused-ring (bicyclic) bond motifs is 1. The number of anilines is 1. The van der Waals surface area contributed by atoms with Gasteiger partial charge in [0, 0.05) is 62.4 Å². The molecule has 0 bridgehead atoms. The van der Waals surface area contributed by atoms with Gasteiger partial charge in [0.2, 0.25) is 10.0 Å². The zero-order valence-electron chi connectivity index (χ0n) is 19.8. The molecule has 190 valence electrons. The molecule has 1 aromatic heterocycles. The standard InChI is InChI=1S/C26H29ClN4O4S/c27-22-3-1-21-16-24(4-2-20(21)15-22)36(34,35)31-14-13-30(25(18-31)26(32)33)17-19-7-11-29(12-8-19)23-5-9-28-10-6-23/h1-6,9-10,15-16,19,25H,7-8,11-14,17-18H2,(H,32,33). The van der Waals surface area contributed by atoms with E-state index >= 15 is 0 Å². The largest absolute Gasteiger partial charge is 0.480 e. The minimum Gasteiger partial charge on any atom is -0.480 e. The van der Waals surface area contributed by atoms with Crippen LogP contribution in [0.15, 0.2) is 65.8 Å². The first kappa shape index (κ1) is 25.0. The Morgan fingerprint density at radius 2 is 1.67 bits per heavy atom. The monoisotopic (exact) mass is 528 g/mol. The van der Waals surface area contributed by atoms with Crippen LogP contribution in [-0.4, -0.2) is 79.0 Å². The van der Waals surface area contributed by atoms with Crippen molar-refractivity contribution in [2.45, 2.75) is 23.8 Å². The number of benzene rings is 2. The third kappa shape index (κ3) is 5.20. The molecule has 3 heterocycles. The van der Waals surface area contributed by atoms with Gasteiger partial charge >= 0.3 is 5.97 Å². The molecule has 0 amide bonds. The fourth-order valence-corrected chi connectivity index (χ4v) is 6.89. The van der Waals surface area contributed by atoms with Gasteiger partial charge in [-0.05, 0) is 65.9 Å². The van der Waals surface area contributed by atoms with Crippen LogP contribution in [-0.2, 0) is 14.8 Å². The molecule has 2 aliphatic heterocycles. The molecule has 2 fully saturated rings. The Morgan fingerprint density at radius 1 is 0.972 bits per heavy atom. The van der Waals surface area contributed by atoms with Crippen molar-refractivity contribution in [3.8, 4) is 0 Å². The van der Waals surface area contributed by atoms with Crippen LogP contribution in [0.5, 0.6) is 0 Å². The number of pyridine rings is 1. The smallest absolute Gasteiger partial charge is 0.322 e. The quantitative estimate of drug-likeness (QED) is 0.522. The molecular formula is C26H29ClN4O4S. The molecule has 10 heteroatoms. The Labute approximate surface area is 216 Å². The highest BCUT2D eigenvalue weighted by Crippen LogP contribution is 2.28. The van der Waals surface area contributed by atoms with E-state index < -0.39 is 22.0 Å². The Kier molecular flexibility index (Phi) is 7.16. The number of carbonyl (C=O) groups is 1. The fraction of sp³-hybridized carbons (Fsp3) is 0.385. The summed E-state index contributed by atoms with van der Waals surface area (Å²) in [6.07, 6.45) is 5.52. The Bertz CT molecular complexity index is 1350. The molecule has 2 aromatic carbocycles. The van der Waals surface area contributed by atoms with Crippen molar-refractivity contribution in [3.63, 3.8) is 0 Å².